The molecule has 1 aromatic carbocycles. The molecule has 1 saturated heterocycles. The van der Waals surface area contributed by atoms with Crippen molar-refractivity contribution in [3.63, 3.8) is 0 Å². The Bertz CT molecular complexity index is 687. The fourth-order valence-electron chi connectivity index (χ4n) is 2.35. The Kier molecular flexibility index (Phi) is 7.97. The first-order valence-corrected chi connectivity index (χ1v) is 8.15. The fraction of sp³-hybridized carbons (Fsp3) is 0.500. The van der Waals surface area contributed by atoms with Crippen LogP contribution < -0.4 is 5.73 Å². The number of amides is 1. The minimum atomic E-state index is -5.08. The Hall–Kier alpha value is -1.94. The number of hydrogen-bond donors (Lipinski definition) is 2. The average molecular weight is 417 g/mol. The number of carboxylic acid groups (broad SMARTS) is 1. The number of carbonyl (C=O) groups is 2. The van der Waals surface area contributed by atoms with E-state index in [1.165, 1.54) is 17.0 Å². The molecule has 1 amide bonds. The van der Waals surface area contributed by atoms with Gasteiger partial charge in [-0.05, 0) is 24.1 Å². The van der Waals surface area contributed by atoms with Gasteiger partial charge >= 0.3 is 12.1 Å². The Morgan fingerprint density at radius 3 is 2.33 bits per heavy atom. The Balaban J connectivity index is 0.000000445. The number of alkyl halides is 4. The molecule has 0 bridgehead atoms. The summed E-state index contributed by atoms with van der Waals surface area (Å²) in [5, 5.41) is 7.12. The molecule has 0 radical (unpaired) electrons. The van der Waals surface area contributed by atoms with Crippen LogP contribution in [0.1, 0.15) is 24.8 Å². The molecule has 3 N–H and O–H groups in total. The minimum absolute atomic E-state index is 0.000932. The van der Waals surface area contributed by atoms with E-state index >= 15 is 0 Å². The number of carboxylic acids is 1. The van der Waals surface area contributed by atoms with Crippen LogP contribution in [0.25, 0.3) is 0 Å². The molecular weight excluding hydrogens is 399 g/mol. The summed E-state index contributed by atoms with van der Waals surface area (Å²) in [4.78, 5) is 22.5. The van der Waals surface area contributed by atoms with Gasteiger partial charge in [0.1, 0.15) is 12.0 Å². The predicted octanol–water partition coefficient (Wildman–Crippen LogP) is 3.11. The molecule has 2 rings (SSSR count). The van der Waals surface area contributed by atoms with Crippen molar-refractivity contribution in [3.8, 4) is 0 Å². The second-order valence-corrected chi connectivity index (χ2v) is 6.37. The van der Waals surface area contributed by atoms with Crippen LogP contribution in [0.2, 0.25) is 5.02 Å². The zero-order valence-electron chi connectivity index (χ0n) is 14.1. The largest absolute Gasteiger partial charge is 0.490 e. The van der Waals surface area contributed by atoms with Crippen LogP contribution in [0.5, 0.6) is 0 Å². The Labute approximate surface area is 156 Å². The summed E-state index contributed by atoms with van der Waals surface area (Å²) in [7, 11) is 0. The predicted molar refractivity (Wildman–Crippen MR) is 87.6 cm³/mol. The second kappa shape index (κ2) is 9.32. The van der Waals surface area contributed by atoms with Crippen molar-refractivity contribution in [2.24, 2.45) is 5.73 Å². The summed E-state index contributed by atoms with van der Waals surface area (Å²) < 4.78 is 58.0. The van der Waals surface area contributed by atoms with Crippen LogP contribution in [0.4, 0.5) is 22.0 Å². The van der Waals surface area contributed by atoms with Gasteiger partial charge in [-0.25, -0.2) is 13.6 Å². The highest BCUT2D eigenvalue weighted by atomic mass is 35.5. The van der Waals surface area contributed by atoms with Crippen molar-refractivity contribution >= 4 is 23.5 Å². The van der Waals surface area contributed by atoms with Crippen LogP contribution in [0, 0.1) is 5.82 Å². The van der Waals surface area contributed by atoms with Gasteiger partial charge in [0, 0.05) is 12.5 Å². The highest BCUT2D eigenvalue weighted by Gasteiger charge is 2.38. The maximum Gasteiger partial charge on any atom is 0.490 e. The van der Waals surface area contributed by atoms with Crippen LogP contribution in [0.3, 0.4) is 0 Å². The first-order chi connectivity index (χ1) is 12.3. The average Bonchev–Trinajstić information content (AvgIpc) is 3.01. The molecule has 152 valence electrons. The number of nitrogens with two attached hydrogens (primary N) is 1. The molecule has 1 aliphatic rings. The summed E-state index contributed by atoms with van der Waals surface area (Å²) in [6, 6.07) is 3.48. The molecule has 1 fully saturated rings. The van der Waals surface area contributed by atoms with Gasteiger partial charge in [0.05, 0.1) is 17.6 Å². The molecule has 5 nitrogen and oxygen atoms in total. The van der Waals surface area contributed by atoms with Crippen molar-refractivity contribution in [3.05, 3.63) is 34.6 Å². The van der Waals surface area contributed by atoms with Crippen molar-refractivity contribution in [2.75, 3.05) is 13.1 Å². The number of hydrogen-bond acceptors (Lipinski definition) is 3. The number of nitrogens with zero attached hydrogens (tertiary/aromatic N) is 1. The number of carbonyl (C=O) groups excluding carboxylic acids is 1. The van der Waals surface area contributed by atoms with Crippen molar-refractivity contribution in [1.29, 1.82) is 0 Å². The number of aliphatic carboxylic acids is 1. The molecular formula is C16H18ClF5N2O3. The van der Waals surface area contributed by atoms with Crippen LogP contribution in [0.15, 0.2) is 18.2 Å². The summed E-state index contributed by atoms with van der Waals surface area (Å²) in [5.74, 6) is -3.87. The molecule has 1 aliphatic heterocycles. The van der Waals surface area contributed by atoms with E-state index < -0.39 is 30.2 Å². The Morgan fingerprint density at radius 1 is 1.37 bits per heavy atom. The topological polar surface area (TPSA) is 83.6 Å². The first kappa shape index (κ1) is 23.1. The maximum atomic E-state index is 13.1. The van der Waals surface area contributed by atoms with Gasteiger partial charge in [0.2, 0.25) is 5.91 Å². The number of rotatable bonds is 3. The first-order valence-electron chi connectivity index (χ1n) is 7.78. The van der Waals surface area contributed by atoms with E-state index in [0.717, 1.165) is 0 Å². The van der Waals surface area contributed by atoms with E-state index in [2.05, 4.69) is 0 Å². The van der Waals surface area contributed by atoms with Crippen molar-refractivity contribution < 1.29 is 36.6 Å². The third-order valence-corrected chi connectivity index (χ3v) is 4.27. The fourth-order valence-corrected chi connectivity index (χ4v) is 2.53. The smallest absolute Gasteiger partial charge is 0.475 e. The molecule has 27 heavy (non-hydrogen) atoms. The number of likely N-dealkylation sites (tertiary alicyclic amines) is 1. The van der Waals surface area contributed by atoms with Crippen LogP contribution in [-0.2, 0) is 9.59 Å². The van der Waals surface area contributed by atoms with E-state index in [1.807, 2.05) is 0 Å². The minimum Gasteiger partial charge on any atom is -0.475 e. The lowest BCUT2D eigenvalue weighted by molar-refractivity contribution is -0.192. The monoisotopic (exact) mass is 416 g/mol. The maximum absolute atomic E-state index is 13.1. The number of halogens is 6. The molecule has 1 aromatic rings. The zero-order chi connectivity index (χ0) is 20.9. The molecule has 3 atom stereocenters. The third kappa shape index (κ3) is 6.62. The molecule has 0 aromatic heterocycles. The van der Waals surface area contributed by atoms with Crippen LogP contribution in [-0.4, -0.2) is 53.4 Å². The van der Waals surface area contributed by atoms with Crippen molar-refractivity contribution in [1.82, 2.24) is 4.90 Å². The van der Waals surface area contributed by atoms with E-state index in [-0.39, 0.29) is 23.4 Å². The zero-order valence-corrected chi connectivity index (χ0v) is 14.9. The van der Waals surface area contributed by atoms with E-state index in [1.54, 1.807) is 13.0 Å². The SMILES string of the molecule is C[C@@H](c1ccc(F)c(Cl)c1)[C@H](N)C(=O)N1CC[C@H](F)C1.O=C(O)C(F)(F)F. The van der Waals surface area contributed by atoms with Crippen LogP contribution >= 0.6 is 11.6 Å². The van der Waals surface area contributed by atoms with Gasteiger partial charge in [-0.15, -0.1) is 0 Å². The molecule has 11 heteroatoms. The normalized spacial score (nSPS) is 19.1. The van der Waals surface area contributed by atoms with Gasteiger partial charge in [0.25, 0.3) is 0 Å². The lowest BCUT2D eigenvalue weighted by atomic mass is 9.93. The summed E-state index contributed by atoms with van der Waals surface area (Å²) >= 11 is 5.73. The molecule has 1 heterocycles. The standard InChI is InChI=1S/C14H17ClF2N2O.C2HF3O2/c1-8(9-2-3-12(17)11(15)6-9)13(18)14(20)19-5-4-10(16)7-19;3-2(4,5)1(6)7/h2-3,6,8,10,13H,4-5,7,18H2,1H3;(H,6,7)/t8-,10-,13-;/m0./s1. The van der Waals surface area contributed by atoms with Gasteiger partial charge in [0.15, 0.2) is 0 Å². The molecule has 0 unspecified atom stereocenters. The van der Waals surface area contributed by atoms with E-state index in [9.17, 15) is 26.7 Å². The van der Waals surface area contributed by atoms with E-state index in [4.69, 9.17) is 27.2 Å². The quantitative estimate of drug-likeness (QED) is 0.742. The highest BCUT2D eigenvalue weighted by molar-refractivity contribution is 6.30. The van der Waals surface area contributed by atoms with Crippen molar-refractivity contribution in [2.45, 2.75) is 37.7 Å². The number of benzene rings is 1. The van der Waals surface area contributed by atoms with Gasteiger partial charge in [-0.2, -0.15) is 13.2 Å². The molecule has 0 saturated carbocycles. The summed E-state index contributed by atoms with van der Waals surface area (Å²) in [6.07, 6.45) is -5.70. The molecule has 0 spiro atoms. The van der Waals surface area contributed by atoms with Gasteiger partial charge in [-0.1, -0.05) is 24.6 Å². The van der Waals surface area contributed by atoms with Gasteiger partial charge in [-0.3, -0.25) is 4.79 Å². The Morgan fingerprint density at radius 2 is 1.93 bits per heavy atom. The van der Waals surface area contributed by atoms with E-state index in [0.29, 0.717) is 18.5 Å². The molecule has 0 aliphatic carbocycles. The summed E-state index contributed by atoms with van der Waals surface area (Å²) in [5.41, 5.74) is 6.64. The second-order valence-electron chi connectivity index (χ2n) is 5.96. The lowest BCUT2D eigenvalue weighted by Crippen LogP contribution is -2.45. The summed E-state index contributed by atoms with van der Waals surface area (Å²) in [6.45, 7) is 2.27. The lowest BCUT2D eigenvalue weighted by Gasteiger charge is -2.25. The highest BCUT2D eigenvalue weighted by Crippen LogP contribution is 2.25. The third-order valence-electron chi connectivity index (χ3n) is 3.98. The van der Waals surface area contributed by atoms with Gasteiger partial charge < -0.3 is 15.7 Å².